The van der Waals surface area contributed by atoms with Crippen molar-refractivity contribution in [3.05, 3.63) is 42.2 Å². The summed E-state index contributed by atoms with van der Waals surface area (Å²) in [7, 11) is -3.49. The highest BCUT2D eigenvalue weighted by Crippen LogP contribution is 2.11. The van der Waals surface area contributed by atoms with Crippen LogP contribution in [0.5, 0.6) is 0 Å². The normalized spacial score (nSPS) is 11.7. The molecule has 8 heteroatoms. The second kappa shape index (κ2) is 6.83. The molecule has 0 fully saturated rings. The van der Waals surface area contributed by atoms with Gasteiger partial charge in [-0.2, -0.15) is 0 Å². The molecule has 2 aromatic rings. The molecule has 0 aliphatic carbocycles. The molecule has 1 aromatic heterocycles. The lowest BCUT2D eigenvalue weighted by Gasteiger charge is -2.07. The van der Waals surface area contributed by atoms with Crippen LogP contribution in [0.25, 0.3) is 0 Å². The van der Waals surface area contributed by atoms with Crippen molar-refractivity contribution in [2.24, 2.45) is 0 Å². The van der Waals surface area contributed by atoms with Crippen LogP contribution in [0.2, 0.25) is 0 Å². The number of nitrogens with zero attached hydrogens (tertiary/aromatic N) is 3. The number of hydrogen-bond donors (Lipinski definition) is 1. The number of alkyl halides is 1. The zero-order valence-corrected chi connectivity index (χ0v) is 12.3. The van der Waals surface area contributed by atoms with E-state index in [0.717, 1.165) is 12.0 Å². The van der Waals surface area contributed by atoms with Crippen LogP contribution in [0.1, 0.15) is 5.56 Å². The topological polar surface area (TPSA) is 76.9 Å². The van der Waals surface area contributed by atoms with E-state index in [1.54, 1.807) is 41.3 Å². The van der Waals surface area contributed by atoms with Crippen molar-refractivity contribution in [1.82, 2.24) is 19.7 Å². The van der Waals surface area contributed by atoms with Gasteiger partial charge in [0.15, 0.2) is 0 Å². The van der Waals surface area contributed by atoms with Gasteiger partial charge in [-0.25, -0.2) is 13.1 Å². The maximum atomic E-state index is 12.0. The molecule has 0 radical (unpaired) electrons. The first-order chi connectivity index (χ1) is 9.62. The molecule has 0 spiro atoms. The van der Waals surface area contributed by atoms with E-state index in [9.17, 15) is 8.42 Å². The monoisotopic (exact) mass is 314 g/mol. The van der Waals surface area contributed by atoms with E-state index in [1.807, 2.05) is 0 Å². The average molecular weight is 315 g/mol. The number of sulfonamides is 1. The van der Waals surface area contributed by atoms with Gasteiger partial charge in [0.2, 0.25) is 10.0 Å². The Hall–Kier alpha value is -1.44. The third-order valence-corrected chi connectivity index (χ3v) is 4.39. The van der Waals surface area contributed by atoms with Crippen molar-refractivity contribution in [2.75, 3.05) is 12.4 Å². The molecule has 0 unspecified atom stereocenters. The molecule has 0 saturated carbocycles. The summed E-state index contributed by atoms with van der Waals surface area (Å²) in [5, 5.41) is 7.41. The number of aryl methyl sites for hydroxylation is 1. The predicted octanol–water partition coefficient (Wildman–Crippen LogP) is 1.04. The zero-order chi connectivity index (χ0) is 14.4. The van der Waals surface area contributed by atoms with Crippen LogP contribution < -0.4 is 4.72 Å². The fourth-order valence-electron chi connectivity index (χ4n) is 1.67. The van der Waals surface area contributed by atoms with Gasteiger partial charge in [0, 0.05) is 18.6 Å². The summed E-state index contributed by atoms with van der Waals surface area (Å²) in [6.07, 6.45) is 3.95. The molecule has 0 bridgehead atoms. The summed E-state index contributed by atoms with van der Waals surface area (Å²) >= 11 is 5.64. The average Bonchev–Trinajstić information content (AvgIpc) is 2.93. The summed E-state index contributed by atoms with van der Waals surface area (Å²) in [6.45, 7) is 0.693. The lowest BCUT2D eigenvalue weighted by Crippen LogP contribution is -2.27. The van der Waals surface area contributed by atoms with Crippen molar-refractivity contribution in [3.63, 3.8) is 0 Å². The molecule has 0 aliphatic heterocycles. The largest absolute Gasteiger partial charge is 0.251 e. The van der Waals surface area contributed by atoms with Crippen molar-refractivity contribution in [2.45, 2.75) is 17.9 Å². The fourth-order valence-corrected chi connectivity index (χ4v) is 2.91. The number of hydrogen-bond acceptors (Lipinski definition) is 4. The van der Waals surface area contributed by atoms with E-state index >= 15 is 0 Å². The summed E-state index contributed by atoms with van der Waals surface area (Å²) < 4.78 is 28.2. The molecule has 108 valence electrons. The van der Waals surface area contributed by atoms with E-state index in [2.05, 4.69) is 15.0 Å². The van der Waals surface area contributed by atoms with Gasteiger partial charge in [-0.05, 0) is 24.1 Å². The van der Waals surface area contributed by atoms with Crippen LogP contribution in [0.15, 0.2) is 41.6 Å². The Morgan fingerprint density at radius 2 is 2.00 bits per heavy atom. The minimum absolute atomic E-state index is 0.245. The third-order valence-electron chi connectivity index (χ3n) is 2.72. The Morgan fingerprint density at radius 1 is 1.25 bits per heavy atom. The first-order valence-corrected chi connectivity index (χ1v) is 8.12. The molecule has 1 N–H and O–H groups in total. The van der Waals surface area contributed by atoms with Gasteiger partial charge in [-0.3, -0.25) is 4.68 Å². The number of halogens is 1. The highest BCUT2D eigenvalue weighted by Gasteiger charge is 2.12. The Morgan fingerprint density at radius 3 is 2.60 bits per heavy atom. The molecule has 6 nitrogen and oxygen atoms in total. The Balaban J connectivity index is 1.95. The van der Waals surface area contributed by atoms with Crippen molar-refractivity contribution in [1.29, 1.82) is 0 Å². The second-order valence-corrected chi connectivity index (χ2v) is 6.29. The smallest absolute Gasteiger partial charge is 0.240 e. The summed E-state index contributed by atoms with van der Waals surface area (Å²) in [4.78, 5) is 0.245. The molecule has 0 amide bonds. The van der Waals surface area contributed by atoms with Crippen molar-refractivity contribution >= 4 is 21.6 Å². The van der Waals surface area contributed by atoms with Crippen LogP contribution in [0, 0.1) is 0 Å². The van der Waals surface area contributed by atoms with E-state index < -0.39 is 10.0 Å². The Kier molecular flexibility index (Phi) is 5.11. The molecule has 0 aliphatic rings. The van der Waals surface area contributed by atoms with Gasteiger partial charge in [-0.1, -0.05) is 17.3 Å². The lowest BCUT2D eigenvalue weighted by molar-refractivity contribution is 0.553. The molecular formula is C12H15ClN4O2S. The molecular weight excluding hydrogens is 300 g/mol. The van der Waals surface area contributed by atoms with Gasteiger partial charge in [0.05, 0.1) is 17.6 Å². The third kappa shape index (κ3) is 4.03. The first kappa shape index (κ1) is 15.0. The van der Waals surface area contributed by atoms with E-state index in [4.69, 9.17) is 11.6 Å². The number of nitrogens with one attached hydrogen (secondary N) is 1. The molecule has 20 heavy (non-hydrogen) atoms. The molecule has 0 saturated heterocycles. The van der Waals surface area contributed by atoms with Crippen LogP contribution in [0.4, 0.5) is 0 Å². The van der Waals surface area contributed by atoms with Crippen molar-refractivity contribution in [3.8, 4) is 0 Å². The van der Waals surface area contributed by atoms with Crippen LogP contribution in [-0.2, 0) is 23.0 Å². The molecule has 1 heterocycles. The maximum Gasteiger partial charge on any atom is 0.240 e. The highest BCUT2D eigenvalue weighted by atomic mass is 35.5. The van der Waals surface area contributed by atoms with E-state index in [0.29, 0.717) is 12.4 Å². The van der Waals surface area contributed by atoms with Gasteiger partial charge in [-0.15, -0.1) is 16.7 Å². The number of aromatic nitrogens is 3. The van der Waals surface area contributed by atoms with Gasteiger partial charge in [0.1, 0.15) is 0 Å². The summed E-state index contributed by atoms with van der Waals surface area (Å²) in [5.41, 5.74) is 1.02. The van der Waals surface area contributed by atoms with Crippen LogP contribution in [0.3, 0.4) is 0 Å². The van der Waals surface area contributed by atoms with E-state index in [-0.39, 0.29) is 11.4 Å². The quantitative estimate of drug-likeness (QED) is 0.775. The molecule has 0 atom stereocenters. The fraction of sp³-hybridized carbons (Fsp3) is 0.333. The molecule has 2 rings (SSSR count). The first-order valence-electron chi connectivity index (χ1n) is 6.10. The minimum Gasteiger partial charge on any atom is -0.251 e. The minimum atomic E-state index is -3.49. The lowest BCUT2D eigenvalue weighted by atomic mass is 10.2. The van der Waals surface area contributed by atoms with Crippen molar-refractivity contribution < 1.29 is 8.42 Å². The Labute approximate surface area is 122 Å². The SMILES string of the molecule is O=S(=O)(NCCn1ccnn1)c1ccc(CCCl)cc1. The van der Waals surface area contributed by atoms with E-state index in [1.165, 1.54) is 0 Å². The number of rotatable bonds is 7. The van der Waals surface area contributed by atoms with Crippen LogP contribution in [-0.4, -0.2) is 35.8 Å². The standard InChI is InChI=1S/C12H15ClN4O2S/c13-6-5-11-1-3-12(4-2-11)20(18,19)15-8-10-17-9-7-14-16-17/h1-4,7,9,15H,5-6,8,10H2. The molecule has 1 aromatic carbocycles. The van der Waals surface area contributed by atoms with Gasteiger partial charge >= 0.3 is 0 Å². The van der Waals surface area contributed by atoms with Gasteiger partial charge < -0.3 is 0 Å². The highest BCUT2D eigenvalue weighted by molar-refractivity contribution is 7.89. The number of benzene rings is 1. The second-order valence-electron chi connectivity index (χ2n) is 4.15. The Bertz CT molecular complexity index is 626. The maximum absolute atomic E-state index is 12.0. The zero-order valence-electron chi connectivity index (χ0n) is 10.7. The van der Waals surface area contributed by atoms with Gasteiger partial charge in [0.25, 0.3) is 0 Å². The summed E-state index contributed by atoms with van der Waals surface area (Å²) in [6, 6.07) is 6.71. The predicted molar refractivity (Wildman–Crippen MR) is 76.1 cm³/mol. The van der Waals surface area contributed by atoms with Crippen LogP contribution >= 0.6 is 11.6 Å². The summed E-state index contributed by atoms with van der Waals surface area (Å²) in [5.74, 6) is 0.516.